The van der Waals surface area contributed by atoms with Crippen LogP contribution < -0.4 is 4.74 Å². The molecular weight excluding hydrogens is 199 g/mol. The minimum atomic E-state index is 0.0527. The van der Waals surface area contributed by atoms with Gasteiger partial charge in [0.25, 0.3) is 0 Å². The summed E-state index contributed by atoms with van der Waals surface area (Å²) in [6.07, 6.45) is 0. The van der Waals surface area contributed by atoms with Gasteiger partial charge in [-0.25, -0.2) is 0 Å². The van der Waals surface area contributed by atoms with Crippen LogP contribution in [-0.2, 0) is 5.88 Å². The van der Waals surface area contributed by atoms with Crippen LogP contribution in [0.1, 0.15) is 5.56 Å². The SMILES string of the molecule is COc1cc(Cl)cc(CCl)c1O. The number of phenols is 1. The van der Waals surface area contributed by atoms with Crippen LogP contribution in [0.3, 0.4) is 0 Å². The zero-order valence-electron chi connectivity index (χ0n) is 6.47. The Morgan fingerprint density at radius 1 is 1.50 bits per heavy atom. The van der Waals surface area contributed by atoms with Gasteiger partial charge in [-0.2, -0.15) is 0 Å². The van der Waals surface area contributed by atoms with Crippen molar-refractivity contribution < 1.29 is 9.84 Å². The van der Waals surface area contributed by atoms with Crippen LogP contribution in [0.25, 0.3) is 0 Å². The molecule has 0 heterocycles. The number of alkyl halides is 1. The first-order valence-corrected chi connectivity index (χ1v) is 4.21. The maximum atomic E-state index is 9.45. The summed E-state index contributed by atoms with van der Waals surface area (Å²) >= 11 is 11.3. The van der Waals surface area contributed by atoms with Gasteiger partial charge in [-0.3, -0.25) is 0 Å². The third kappa shape index (κ3) is 1.76. The van der Waals surface area contributed by atoms with E-state index in [1.54, 1.807) is 6.07 Å². The lowest BCUT2D eigenvalue weighted by molar-refractivity contribution is 0.371. The molecular formula is C8H8Cl2O2. The Labute approximate surface area is 80.7 Å². The molecule has 0 saturated carbocycles. The normalized spacial score (nSPS) is 9.92. The molecule has 0 aromatic heterocycles. The van der Waals surface area contributed by atoms with Crippen molar-refractivity contribution in [1.82, 2.24) is 0 Å². The fourth-order valence-corrected chi connectivity index (χ4v) is 1.32. The molecule has 1 aromatic carbocycles. The zero-order chi connectivity index (χ0) is 9.14. The molecule has 0 aliphatic carbocycles. The molecule has 1 aromatic rings. The van der Waals surface area contributed by atoms with Crippen LogP contribution in [0.15, 0.2) is 12.1 Å². The lowest BCUT2D eigenvalue weighted by Gasteiger charge is -2.06. The van der Waals surface area contributed by atoms with Gasteiger partial charge in [0.2, 0.25) is 0 Å². The van der Waals surface area contributed by atoms with E-state index in [1.165, 1.54) is 13.2 Å². The Balaban J connectivity index is 3.22. The molecule has 0 radical (unpaired) electrons. The maximum absolute atomic E-state index is 9.45. The van der Waals surface area contributed by atoms with Gasteiger partial charge in [-0.15, -0.1) is 11.6 Å². The molecule has 0 aliphatic rings. The van der Waals surface area contributed by atoms with E-state index in [4.69, 9.17) is 27.9 Å². The standard InChI is InChI=1S/C8H8Cl2O2/c1-12-7-3-6(10)2-5(4-9)8(7)11/h2-3,11H,4H2,1H3. The van der Waals surface area contributed by atoms with Crippen molar-refractivity contribution in [2.24, 2.45) is 0 Å². The molecule has 4 heteroatoms. The number of aromatic hydroxyl groups is 1. The van der Waals surface area contributed by atoms with Crippen LogP contribution >= 0.6 is 23.2 Å². The topological polar surface area (TPSA) is 29.5 Å². The van der Waals surface area contributed by atoms with Crippen molar-refractivity contribution in [3.05, 3.63) is 22.7 Å². The number of benzene rings is 1. The third-order valence-corrected chi connectivity index (χ3v) is 1.99. The van der Waals surface area contributed by atoms with Crippen molar-refractivity contribution in [2.75, 3.05) is 7.11 Å². The first kappa shape index (κ1) is 9.49. The Morgan fingerprint density at radius 2 is 2.17 bits per heavy atom. The average Bonchev–Trinajstić information content (AvgIpc) is 2.08. The summed E-state index contributed by atoms with van der Waals surface area (Å²) in [5, 5.41) is 9.95. The lowest BCUT2D eigenvalue weighted by Crippen LogP contribution is -1.87. The van der Waals surface area contributed by atoms with E-state index >= 15 is 0 Å². The van der Waals surface area contributed by atoms with E-state index in [9.17, 15) is 5.11 Å². The van der Waals surface area contributed by atoms with Crippen LogP contribution in [0.5, 0.6) is 11.5 Å². The highest BCUT2D eigenvalue weighted by molar-refractivity contribution is 6.31. The Kier molecular flexibility index (Phi) is 3.06. The van der Waals surface area contributed by atoms with Gasteiger partial charge in [0, 0.05) is 16.7 Å². The number of halogens is 2. The molecule has 0 aliphatic heterocycles. The number of phenolic OH excluding ortho intramolecular Hbond substituents is 1. The second-order valence-corrected chi connectivity index (χ2v) is 2.95. The number of methoxy groups -OCH3 is 1. The molecule has 0 atom stereocenters. The van der Waals surface area contributed by atoms with E-state index in [0.29, 0.717) is 16.3 Å². The second kappa shape index (κ2) is 3.87. The zero-order valence-corrected chi connectivity index (χ0v) is 7.99. The van der Waals surface area contributed by atoms with Crippen LogP contribution in [0.4, 0.5) is 0 Å². The third-order valence-electron chi connectivity index (χ3n) is 1.48. The van der Waals surface area contributed by atoms with Crippen LogP contribution in [0.2, 0.25) is 5.02 Å². The summed E-state index contributed by atoms with van der Waals surface area (Å²) in [4.78, 5) is 0. The number of hydrogen-bond donors (Lipinski definition) is 1. The van der Waals surface area contributed by atoms with Gasteiger partial charge in [0.15, 0.2) is 11.5 Å². The van der Waals surface area contributed by atoms with E-state index in [0.717, 1.165) is 0 Å². The van der Waals surface area contributed by atoms with Crippen molar-refractivity contribution in [2.45, 2.75) is 5.88 Å². The largest absolute Gasteiger partial charge is 0.504 e. The molecule has 0 unspecified atom stereocenters. The molecule has 66 valence electrons. The predicted molar refractivity (Wildman–Crippen MR) is 49.2 cm³/mol. The minimum Gasteiger partial charge on any atom is -0.504 e. The Bertz CT molecular complexity index is 261. The molecule has 0 saturated heterocycles. The fraction of sp³-hybridized carbons (Fsp3) is 0.250. The molecule has 0 amide bonds. The lowest BCUT2D eigenvalue weighted by atomic mass is 10.2. The van der Waals surface area contributed by atoms with E-state index in [2.05, 4.69) is 0 Å². The molecule has 1 N–H and O–H groups in total. The van der Waals surface area contributed by atoms with Crippen molar-refractivity contribution in [3.8, 4) is 11.5 Å². The van der Waals surface area contributed by atoms with Crippen LogP contribution in [0, 0.1) is 0 Å². The summed E-state index contributed by atoms with van der Waals surface area (Å²) < 4.78 is 4.88. The predicted octanol–water partition coefficient (Wildman–Crippen LogP) is 2.79. The summed E-state index contributed by atoms with van der Waals surface area (Å²) in [5.41, 5.74) is 0.570. The smallest absolute Gasteiger partial charge is 0.162 e. The monoisotopic (exact) mass is 206 g/mol. The highest BCUT2D eigenvalue weighted by Crippen LogP contribution is 2.33. The molecule has 1 rings (SSSR count). The van der Waals surface area contributed by atoms with E-state index < -0.39 is 0 Å². The first-order chi connectivity index (χ1) is 5.69. The number of rotatable bonds is 2. The quantitative estimate of drug-likeness (QED) is 0.755. The van der Waals surface area contributed by atoms with Gasteiger partial charge in [0.05, 0.1) is 13.0 Å². The van der Waals surface area contributed by atoms with Crippen molar-refractivity contribution in [1.29, 1.82) is 0 Å². The maximum Gasteiger partial charge on any atom is 0.162 e. The highest BCUT2D eigenvalue weighted by Gasteiger charge is 2.08. The van der Waals surface area contributed by atoms with Crippen molar-refractivity contribution in [3.63, 3.8) is 0 Å². The molecule has 12 heavy (non-hydrogen) atoms. The summed E-state index contributed by atoms with van der Waals surface area (Å²) in [6, 6.07) is 3.14. The number of hydrogen-bond acceptors (Lipinski definition) is 2. The second-order valence-electron chi connectivity index (χ2n) is 2.25. The summed E-state index contributed by atoms with van der Waals surface area (Å²) in [7, 11) is 1.46. The van der Waals surface area contributed by atoms with E-state index in [1.807, 2.05) is 0 Å². The van der Waals surface area contributed by atoms with Gasteiger partial charge in [-0.1, -0.05) is 11.6 Å². The fourth-order valence-electron chi connectivity index (χ4n) is 0.886. The minimum absolute atomic E-state index is 0.0527. The summed E-state index contributed by atoms with van der Waals surface area (Å²) in [5.74, 6) is 0.609. The molecule has 0 bridgehead atoms. The van der Waals surface area contributed by atoms with Gasteiger partial charge in [0.1, 0.15) is 0 Å². The molecule has 2 nitrogen and oxygen atoms in total. The van der Waals surface area contributed by atoms with Crippen molar-refractivity contribution >= 4 is 23.2 Å². The molecule has 0 spiro atoms. The van der Waals surface area contributed by atoms with Gasteiger partial charge >= 0.3 is 0 Å². The van der Waals surface area contributed by atoms with Gasteiger partial charge < -0.3 is 9.84 Å². The first-order valence-electron chi connectivity index (χ1n) is 3.30. The number of ether oxygens (including phenoxy) is 1. The van der Waals surface area contributed by atoms with Crippen LogP contribution in [-0.4, -0.2) is 12.2 Å². The van der Waals surface area contributed by atoms with E-state index in [-0.39, 0.29) is 11.6 Å². The Morgan fingerprint density at radius 3 is 2.67 bits per heavy atom. The molecule has 0 fully saturated rings. The average molecular weight is 207 g/mol. The highest BCUT2D eigenvalue weighted by atomic mass is 35.5. The summed E-state index contributed by atoms with van der Waals surface area (Å²) in [6.45, 7) is 0. The Hall–Kier alpha value is -0.600. The van der Waals surface area contributed by atoms with Gasteiger partial charge in [-0.05, 0) is 6.07 Å².